The van der Waals surface area contributed by atoms with E-state index in [-0.39, 0.29) is 0 Å². The van der Waals surface area contributed by atoms with Gasteiger partial charge in [-0.1, -0.05) is 26.0 Å². The van der Waals surface area contributed by atoms with Gasteiger partial charge in [0.2, 0.25) is 0 Å². The number of aliphatic carboxylic acids is 2. The zero-order valence-corrected chi connectivity index (χ0v) is 15.2. The van der Waals surface area contributed by atoms with Crippen LogP contribution in [0.3, 0.4) is 0 Å². The minimum atomic E-state index is -1.82. The van der Waals surface area contributed by atoms with Crippen LogP contribution in [0.4, 0.5) is 0 Å². The van der Waals surface area contributed by atoms with Crippen molar-refractivity contribution in [1.29, 1.82) is 0 Å². The van der Waals surface area contributed by atoms with Gasteiger partial charge >= 0.3 is 11.9 Å². The maximum Gasteiger partial charge on any atom is 0.414 e. The molecule has 1 rings (SSSR count). The number of nitrogens with one attached hydrogen (secondary N) is 1. The van der Waals surface area contributed by atoms with E-state index in [2.05, 4.69) is 50.9 Å². The number of ether oxygens (including phenoxy) is 1. The molecule has 0 atom stereocenters. The lowest BCUT2D eigenvalue weighted by Crippen LogP contribution is -2.15. The predicted octanol–water partition coefficient (Wildman–Crippen LogP) is 3.21. The van der Waals surface area contributed by atoms with E-state index < -0.39 is 11.9 Å². The molecule has 1 aromatic carbocycles. The standard InChI is InChI=1S/C17H27NO.C2H2O4/c1-5-8-18-9-6-7-10-19-17-12-15(4)11-16(13-17)14(2)3;3-1(4)2(5)6/h5,11-14,18H,1,6-10H2,2-4H3;(H,3,4)(H,5,6). The van der Waals surface area contributed by atoms with E-state index in [1.54, 1.807) is 0 Å². The fourth-order valence-electron chi connectivity index (χ4n) is 1.94. The average molecular weight is 351 g/mol. The predicted molar refractivity (Wildman–Crippen MR) is 98.3 cm³/mol. The zero-order chi connectivity index (χ0) is 19.2. The second-order valence-electron chi connectivity index (χ2n) is 5.89. The van der Waals surface area contributed by atoms with Crippen LogP contribution in [-0.4, -0.2) is 41.8 Å². The summed E-state index contributed by atoms with van der Waals surface area (Å²) < 4.78 is 5.84. The molecule has 0 aliphatic carbocycles. The van der Waals surface area contributed by atoms with Crippen molar-refractivity contribution in [3.63, 3.8) is 0 Å². The van der Waals surface area contributed by atoms with Crippen LogP contribution in [0.5, 0.6) is 5.75 Å². The van der Waals surface area contributed by atoms with Gasteiger partial charge in [-0.05, 0) is 55.5 Å². The molecular formula is C19H29NO5. The van der Waals surface area contributed by atoms with E-state index in [1.807, 2.05) is 6.08 Å². The van der Waals surface area contributed by atoms with Gasteiger partial charge in [0.25, 0.3) is 0 Å². The molecule has 0 unspecified atom stereocenters. The van der Waals surface area contributed by atoms with Crippen molar-refractivity contribution in [2.24, 2.45) is 0 Å². The van der Waals surface area contributed by atoms with E-state index in [9.17, 15) is 0 Å². The lowest BCUT2D eigenvalue weighted by molar-refractivity contribution is -0.159. The number of carbonyl (C=O) groups is 2. The van der Waals surface area contributed by atoms with E-state index >= 15 is 0 Å². The van der Waals surface area contributed by atoms with Crippen LogP contribution in [0.15, 0.2) is 30.9 Å². The van der Waals surface area contributed by atoms with Crippen molar-refractivity contribution >= 4 is 11.9 Å². The van der Waals surface area contributed by atoms with Crippen LogP contribution in [0.25, 0.3) is 0 Å². The Balaban J connectivity index is 0.000000823. The maximum absolute atomic E-state index is 9.10. The summed E-state index contributed by atoms with van der Waals surface area (Å²) in [5.74, 6) is -2.10. The Morgan fingerprint density at radius 3 is 2.36 bits per heavy atom. The third kappa shape index (κ3) is 11.8. The Labute approximate surface area is 149 Å². The first-order chi connectivity index (χ1) is 11.8. The molecule has 0 saturated heterocycles. The van der Waals surface area contributed by atoms with Crippen molar-refractivity contribution in [3.8, 4) is 5.75 Å². The number of aryl methyl sites for hydroxylation is 1. The summed E-state index contributed by atoms with van der Waals surface area (Å²) in [6, 6.07) is 6.51. The topological polar surface area (TPSA) is 95.9 Å². The number of hydrogen-bond acceptors (Lipinski definition) is 4. The van der Waals surface area contributed by atoms with Crippen LogP contribution < -0.4 is 10.1 Å². The molecular weight excluding hydrogens is 322 g/mol. The number of carboxylic acid groups (broad SMARTS) is 2. The van der Waals surface area contributed by atoms with Gasteiger partial charge in [0.1, 0.15) is 5.75 Å². The summed E-state index contributed by atoms with van der Waals surface area (Å²) in [6.07, 6.45) is 4.10. The number of hydrogen-bond donors (Lipinski definition) is 3. The van der Waals surface area contributed by atoms with Crippen molar-refractivity contribution in [2.75, 3.05) is 19.7 Å². The van der Waals surface area contributed by atoms with Gasteiger partial charge in [-0.2, -0.15) is 0 Å². The molecule has 1 aromatic rings. The number of benzene rings is 1. The fourth-order valence-corrected chi connectivity index (χ4v) is 1.94. The maximum atomic E-state index is 9.10. The minimum absolute atomic E-state index is 0.547. The Morgan fingerprint density at radius 1 is 1.20 bits per heavy atom. The van der Waals surface area contributed by atoms with Crippen molar-refractivity contribution in [1.82, 2.24) is 5.32 Å². The first-order valence-electron chi connectivity index (χ1n) is 8.30. The summed E-state index contributed by atoms with van der Waals surface area (Å²) >= 11 is 0. The van der Waals surface area contributed by atoms with Crippen molar-refractivity contribution in [2.45, 2.75) is 39.5 Å². The molecule has 0 fully saturated rings. The lowest BCUT2D eigenvalue weighted by Gasteiger charge is -2.12. The molecule has 0 bridgehead atoms. The summed E-state index contributed by atoms with van der Waals surface area (Å²) in [5, 5.41) is 18.1. The first kappa shape index (κ1) is 22.7. The van der Waals surface area contributed by atoms with Gasteiger partial charge in [-0.25, -0.2) is 9.59 Å². The van der Waals surface area contributed by atoms with E-state index in [1.165, 1.54) is 11.1 Å². The Bertz CT molecular complexity index is 543. The molecule has 0 saturated carbocycles. The Hall–Kier alpha value is -2.34. The third-order valence-electron chi connectivity index (χ3n) is 3.23. The van der Waals surface area contributed by atoms with Crippen molar-refractivity contribution < 1.29 is 24.5 Å². The van der Waals surface area contributed by atoms with Gasteiger partial charge in [0, 0.05) is 6.54 Å². The Morgan fingerprint density at radius 2 is 1.84 bits per heavy atom. The molecule has 0 radical (unpaired) electrons. The highest BCUT2D eigenvalue weighted by Crippen LogP contribution is 2.22. The Kier molecular flexibility index (Phi) is 11.8. The highest BCUT2D eigenvalue weighted by atomic mass is 16.5. The molecule has 0 aliphatic heterocycles. The van der Waals surface area contributed by atoms with E-state index in [4.69, 9.17) is 24.5 Å². The van der Waals surface area contributed by atoms with E-state index in [0.29, 0.717) is 5.92 Å². The molecule has 3 N–H and O–H groups in total. The quantitative estimate of drug-likeness (QED) is 0.359. The van der Waals surface area contributed by atoms with Crippen LogP contribution in [-0.2, 0) is 9.59 Å². The van der Waals surface area contributed by atoms with Crippen molar-refractivity contribution in [3.05, 3.63) is 42.0 Å². The van der Waals surface area contributed by atoms with Crippen LogP contribution >= 0.6 is 0 Å². The summed E-state index contributed by atoms with van der Waals surface area (Å²) in [4.78, 5) is 18.2. The highest BCUT2D eigenvalue weighted by molar-refractivity contribution is 6.27. The van der Waals surface area contributed by atoms with Gasteiger partial charge in [0.15, 0.2) is 0 Å². The average Bonchev–Trinajstić information content (AvgIpc) is 2.54. The number of unbranched alkanes of at least 4 members (excludes halogenated alkanes) is 1. The lowest BCUT2D eigenvalue weighted by atomic mass is 10.0. The number of rotatable bonds is 9. The van der Waals surface area contributed by atoms with E-state index in [0.717, 1.165) is 38.3 Å². The van der Waals surface area contributed by atoms with Gasteiger partial charge in [-0.15, -0.1) is 6.58 Å². The first-order valence-corrected chi connectivity index (χ1v) is 8.30. The molecule has 25 heavy (non-hydrogen) atoms. The van der Waals surface area contributed by atoms with Crippen LogP contribution in [0, 0.1) is 6.92 Å². The molecule has 0 aromatic heterocycles. The molecule has 0 aliphatic rings. The van der Waals surface area contributed by atoms with Gasteiger partial charge < -0.3 is 20.3 Å². The summed E-state index contributed by atoms with van der Waals surface area (Å²) in [6.45, 7) is 12.9. The molecule has 0 amide bonds. The molecule has 6 nitrogen and oxygen atoms in total. The minimum Gasteiger partial charge on any atom is -0.494 e. The van der Waals surface area contributed by atoms with Crippen LogP contribution in [0.1, 0.15) is 43.7 Å². The fraction of sp³-hybridized carbons (Fsp3) is 0.474. The highest BCUT2D eigenvalue weighted by Gasteiger charge is 2.04. The second-order valence-corrected chi connectivity index (χ2v) is 5.89. The van der Waals surface area contributed by atoms with Crippen LogP contribution in [0.2, 0.25) is 0 Å². The van der Waals surface area contributed by atoms with Gasteiger partial charge in [0.05, 0.1) is 6.61 Å². The smallest absolute Gasteiger partial charge is 0.414 e. The number of carboxylic acids is 2. The SMILES string of the molecule is C=CCNCCCCOc1cc(C)cc(C(C)C)c1.O=C(O)C(=O)O. The summed E-state index contributed by atoms with van der Waals surface area (Å²) in [7, 11) is 0. The molecule has 0 heterocycles. The third-order valence-corrected chi connectivity index (χ3v) is 3.23. The normalized spacial score (nSPS) is 9.92. The second kappa shape index (κ2) is 13.0. The van der Waals surface area contributed by atoms with Gasteiger partial charge in [-0.3, -0.25) is 0 Å². The molecule has 0 spiro atoms. The molecule has 6 heteroatoms. The zero-order valence-electron chi connectivity index (χ0n) is 15.2. The largest absolute Gasteiger partial charge is 0.494 e. The molecule has 140 valence electrons. The summed E-state index contributed by atoms with van der Waals surface area (Å²) in [5.41, 5.74) is 2.62. The monoisotopic (exact) mass is 351 g/mol.